The fourth-order valence-electron chi connectivity index (χ4n) is 1.32. The number of carboxylic acids is 1. The third-order valence-corrected chi connectivity index (χ3v) is 5.37. The highest BCUT2D eigenvalue weighted by Crippen LogP contribution is 2.30. The van der Waals surface area contributed by atoms with Crippen LogP contribution in [0.5, 0.6) is 0 Å². The number of benzene rings is 1. The molecule has 0 amide bonds. The Labute approximate surface area is 114 Å². The van der Waals surface area contributed by atoms with Gasteiger partial charge in [0.05, 0.1) is 11.3 Å². The Morgan fingerprint density at radius 1 is 1.15 bits per heavy atom. The smallest absolute Gasteiger partial charge is 0.416 e. The van der Waals surface area contributed by atoms with E-state index in [4.69, 9.17) is 5.11 Å². The van der Waals surface area contributed by atoms with E-state index < -0.39 is 38.0 Å². The summed E-state index contributed by atoms with van der Waals surface area (Å²) in [5, 5.41) is 8.88. The second-order valence-electron chi connectivity index (χ2n) is 4.77. The summed E-state index contributed by atoms with van der Waals surface area (Å²) >= 11 is 0. The highest BCUT2D eigenvalue weighted by atomic mass is 32.2. The molecule has 1 rings (SSSR count). The molecule has 0 spiro atoms. The first-order chi connectivity index (χ1) is 8.88. The summed E-state index contributed by atoms with van der Waals surface area (Å²) < 4.78 is 58.9. The molecule has 0 radical (unpaired) electrons. The topological polar surface area (TPSA) is 71.4 Å². The van der Waals surface area contributed by atoms with Crippen molar-refractivity contribution in [1.29, 1.82) is 0 Å². The van der Waals surface area contributed by atoms with Crippen molar-refractivity contribution in [3.8, 4) is 0 Å². The van der Waals surface area contributed by atoms with Crippen molar-refractivity contribution in [2.75, 3.05) is 0 Å². The van der Waals surface area contributed by atoms with E-state index in [0.29, 0.717) is 0 Å². The zero-order valence-electron chi connectivity index (χ0n) is 10.7. The number of rotatable bonds is 4. The van der Waals surface area contributed by atoms with Crippen LogP contribution < -0.4 is 0 Å². The minimum Gasteiger partial charge on any atom is -0.480 e. The van der Waals surface area contributed by atoms with E-state index in [1.54, 1.807) is 0 Å². The molecule has 1 aromatic carbocycles. The molecule has 8 heteroatoms. The summed E-state index contributed by atoms with van der Waals surface area (Å²) in [5.41, 5.74) is -0.788. The van der Waals surface area contributed by atoms with Gasteiger partial charge in [-0.2, -0.15) is 13.2 Å². The quantitative estimate of drug-likeness (QED) is 0.927. The van der Waals surface area contributed by atoms with Crippen LogP contribution in [0, 0.1) is 0 Å². The third kappa shape index (κ3) is 3.30. The van der Waals surface area contributed by atoms with Gasteiger partial charge >= 0.3 is 12.1 Å². The van der Waals surface area contributed by atoms with E-state index in [1.165, 1.54) is 0 Å². The number of alkyl halides is 3. The largest absolute Gasteiger partial charge is 0.480 e. The lowest BCUT2D eigenvalue weighted by atomic mass is 10.1. The SMILES string of the molecule is CC(C)(C(=O)O)S(=O)(=O)Cc1ccc(C(F)(F)F)cc1. The molecule has 112 valence electrons. The number of aliphatic carboxylic acids is 1. The van der Waals surface area contributed by atoms with E-state index in [-0.39, 0.29) is 5.56 Å². The van der Waals surface area contributed by atoms with Crippen molar-refractivity contribution in [3.63, 3.8) is 0 Å². The van der Waals surface area contributed by atoms with Gasteiger partial charge in [-0.25, -0.2) is 8.42 Å². The fourth-order valence-corrected chi connectivity index (χ4v) is 2.58. The Morgan fingerprint density at radius 3 is 1.95 bits per heavy atom. The predicted octanol–water partition coefficient (Wildman–Crippen LogP) is 2.48. The monoisotopic (exact) mass is 310 g/mol. The summed E-state index contributed by atoms with van der Waals surface area (Å²) in [7, 11) is -4.04. The summed E-state index contributed by atoms with van der Waals surface area (Å²) in [6, 6.07) is 3.58. The number of carboxylic acid groups (broad SMARTS) is 1. The maximum atomic E-state index is 12.4. The Hall–Kier alpha value is -1.57. The lowest BCUT2D eigenvalue weighted by Gasteiger charge is -2.19. The van der Waals surface area contributed by atoms with Crippen molar-refractivity contribution in [3.05, 3.63) is 35.4 Å². The van der Waals surface area contributed by atoms with Crippen molar-refractivity contribution in [1.82, 2.24) is 0 Å². The molecule has 0 aromatic heterocycles. The van der Waals surface area contributed by atoms with E-state index in [2.05, 4.69) is 0 Å². The van der Waals surface area contributed by atoms with Crippen LogP contribution in [-0.2, 0) is 26.6 Å². The molecule has 0 aliphatic carbocycles. The number of hydrogen-bond donors (Lipinski definition) is 1. The second kappa shape index (κ2) is 5.08. The van der Waals surface area contributed by atoms with Gasteiger partial charge in [0.1, 0.15) is 0 Å². The standard InChI is InChI=1S/C12H13F3O4S/c1-11(2,10(16)17)20(18,19)7-8-3-5-9(6-4-8)12(13,14)15/h3-6H,7H2,1-2H3,(H,16,17). The van der Waals surface area contributed by atoms with Crippen molar-refractivity contribution < 1.29 is 31.5 Å². The van der Waals surface area contributed by atoms with Crippen LogP contribution in [0.2, 0.25) is 0 Å². The molecular formula is C12H13F3O4S. The first kappa shape index (κ1) is 16.5. The zero-order valence-corrected chi connectivity index (χ0v) is 11.5. The molecule has 0 saturated carbocycles. The molecule has 0 atom stereocenters. The minimum absolute atomic E-state index is 0.104. The average Bonchev–Trinajstić information content (AvgIpc) is 2.27. The molecule has 0 unspecified atom stereocenters. The van der Waals surface area contributed by atoms with Crippen molar-refractivity contribution >= 4 is 15.8 Å². The number of hydrogen-bond acceptors (Lipinski definition) is 3. The van der Waals surface area contributed by atoms with Gasteiger partial charge in [-0.1, -0.05) is 12.1 Å². The highest BCUT2D eigenvalue weighted by Gasteiger charge is 2.41. The molecule has 0 bridgehead atoms. The molecule has 0 aliphatic rings. The summed E-state index contributed by atoms with van der Waals surface area (Å²) in [6.07, 6.45) is -4.50. The Kier molecular flexibility index (Phi) is 4.19. The van der Waals surface area contributed by atoms with Crippen LogP contribution in [0.4, 0.5) is 13.2 Å². The number of halogens is 3. The van der Waals surface area contributed by atoms with Crippen LogP contribution in [0.3, 0.4) is 0 Å². The summed E-state index contributed by atoms with van der Waals surface area (Å²) in [5.74, 6) is -2.14. The van der Waals surface area contributed by atoms with Crippen molar-refractivity contribution in [2.24, 2.45) is 0 Å². The Bertz CT molecular complexity index is 601. The van der Waals surface area contributed by atoms with Crippen LogP contribution in [0.1, 0.15) is 25.0 Å². The van der Waals surface area contributed by atoms with Gasteiger partial charge in [0, 0.05) is 0 Å². The van der Waals surface area contributed by atoms with Crippen LogP contribution in [0.25, 0.3) is 0 Å². The first-order valence-corrected chi connectivity index (χ1v) is 7.15. The average molecular weight is 310 g/mol. The summed E-state index contributed by atoms with van der Waals surface area (Å²) in [6.45, 7) is 2.07. The van der Waals surface area contributed by atoms with Crippen LogP contribution in [0.15, 0.2) is 24.3 Å². The molecule has 0 heterocycles. The molecule has 1 N–H and O–H groups in total. The van der Waals surface area contributed by atoms with Gasteiger partial charge in [0.2, 0.25) is 0 Å². The zero-order chi connectivity index (χ0) is 15.8. The molecule has 1 aromatic rings. The van der Waals surface area contributed by atoms with Gasteiger partial charge in [-0.3, -0.25) is 4.79 Å². The molecule has 20 heavy (non-hydrogen) atoms. The van der Waals surface area contributed by atoms with Crippen LogP contribution in [-0.4, -0.2) is 24.2 Å². The molecule has 4 nitrogen and oxygen atoms in total. The number of sulfone groups is 1. The summed E-state index contributed by atoms with van der Waals surface area (Å²) in [4.78, 5) is 10.9. The van der Waals surface area contributed by atoms with E-state index in [0.717, 1.165) is 38.1 Å². The maximum absolute atomic E-state index is 12.4. The van der Waals surface area contributed by atoms with Crippen molar-refractivity contribution in [2.45, 2.75) is 30.5 Å². The Morgan fingerprint density at radius 2 is 1.60 bits per heavy atom. The van der Waals surface area contributed by atoms with E-state index in [9.17, 15) is 26.4 Å². The molecule has 0 fully saturated rings. The maximum Gasteiger partial charge on any atom is 0.416 e. The van der Waals surface area contributed by atoms with E-state index in [1.807, 2.05) is 0 Å². The molecule has 0 aliphatic heterocycles. The van der Waals surface area contributed by atoms with Gasteiger partial charge in [-0.15, -0.1) is 0 Å². The third-order valence-electron chi connectivity index (χ3n) is 2.93. The lowest BCUT2D eigenvalue weighted by Crippen LogP contribution is -2.41. The normalized spacial score (nSPS) is 13.2. The highest BCUT2D eigenvalue weighted by molar-refractivity contribution is 7.92. The van der Waals surface area contributed by atoms with E-state index >= 15 is 0 Å². The van der Waals surface area contributed by atoms with Crippen LogP contribution >= 0.6 is 0 Å². The predicted molar refractivity (Wildman–Crippen MR) is 65.8 cm³/mol. The van der Waals surface area contributed by atoms with Gasteiger partial charge in [0.15, 0.2) is 14.6 Å². The first-order valence-electron chi connectivity index (χ1n) is 5.50. The van der Waals surface area contributed by atoms with Gasteiger partial charge in [0.25, 0.3) is 0 Å². The molecule has 0 saturated heterocycles. The van der Waals surface area contributed by atoms with Gasteiger partial charge < -0.3 is 5.11 Å². The second-order valence-corrected chi connectivity index (χ2v) is 7.31. The Balaban J connectivity index is 3.03. The van der Waals surface area contributed by atoms with Gasteiger partial charge in [-0.05, 0) is 31.5 Å². The minimum atomic E-state index is -4.50. The lowest BCUT2D eigenvalue weighted by molar-refractivity contribution is -0.139. The number of carbonyl (C=O) groups is 1. The fraction of sp³-hybridized carbons (Fsp3) is 0.417. The molecular weight excluding hydrogens is 297 g/mol.